The maximum absolute atomic E-state index is 6.89. The summed E-state index contributed by atoms with van der Waals surface area (Å²) < 4.78 is 8.16. The van der Waals surface area contributed by atoms with Gasteiger partial charge in [-0.15, -0.1) is 0 Å². The molecule has 0 saturated heterocycles. The highest BCUT2D eigenvalue weighted by Gasteiger charge is 2.34. The van der Waals surface area contributed by atoms with E-state index in [0.29, 0.717) is 23.1 Å². The molecule has 0 spiro atoms. The van der Waals surface area contributed by atoms with E-state index < -0.39 is 0 Å². The van der Waals surface area contributed by atoms with Gasteiger partial charge < -0.3 is 15.0 Å². The molecule has 1 saturated carbocycles. The van der Waals surface area contributed by atoms with Gasteiger partial charge in [-0.25, -0.2) is 4.98 Å². The third-order valence-corrected chi connectivity index (χ3v) is 6.45. The van der Waals surface area contributed by atoms with E-state index in [9.17, 15) is 0 Å². The van der Waals surface area contributed by atoms with Crippen molar-refractivity contribution in [2.75, 3.05) is 12.3 Å². The van der Waals surface area contributed by atoms with E-state index >= 15 is 0 Å². The van der Waals surface area contributed by atoms with Gasteiger partial charge in [0.25, 0.3) is 0 Å². The van der Waals surface area contributed by atoms with E-state index in [1.54, 1.807) is 0 Å². The van der Waals surface area contributed by atoms with E-state index in [0.717, 1.165) is 45.9 Å². The molecule has 144 valence electrons. The number of nitrogens with zero attached hydrogens (tertiary/aromatic N) is 2. The van der Waals surface area contributed by atoms with Crippen molar-refractivity contribution >= 4 is 50.0 Å². The van der Waals surface area contributed by atoms with Gasteiger partial charge in [-0.3, -0.25) is 0 Å². The highest BCUT2D eigenvalue weighted by Crippen LogP contribution is 2.46. The number of rotatable bonds is 4. The third kappa shape index (κ3) is 2.47. The first-order valence-corrected chi connectivity index (χ1v) is 10.3. The van der Waals surface area contributed by atoms with Crippen molar-refractivity contribution in [3.05, 3.63) is 41.0 Å². The van der Waals surface area contributed by atoms with Crippen LogP contribution in [0, 0.1) is 18.8 Å². The molecule has 4 aromatic rings. The van der Waals surface area contributed by atoms with Gasteiger partial charge in [0.15, 0.2) is 5.75 Å². The molecule has 28 heavy (non-hydrogen) atoms. The van der Waals surface area contributed by atoms with Crippen LogP contribution in [0.5, 0.6) is 5.75 Å². The van der Waals surface area contributed by atoms with Crippen molar-refractivity contribution in [3.63, 3.8) is 0 Å². The number of aromatic nitrogens is 2. The van der Waals surface area contributed by atoms with E-state index in [2.05, 4.69) is 35.8 Å². The van der Waals surface area contributed by atoms with Crippen LogP contribution in [0.3, 0.4) is 0 Å². The molecule has 4 nitrogen and oxygen atoms in total. The Kier molecular flexibility index (Phi) is 3.95. The zero-order valence-corrected chi connectivity index (χ0v) is 17.2. The smallest absolute Gasteiger partial charge is 0.161 e. The summed E-state index contributed by atoms with van der Waals surface area (Å²) >= 11 is 6.89. The fourth-order valence-electron chi connectivity index (χ4n) is 4.42. The first-order valence-electron chi connectivity index (χ1n) is 9.93. The highest BCUT2D eigenvalue weighted by atomic mass is 35.5. The van der Waals surface area contributed by atoms with Gasteiger partial charge in [0, 0.05) is 33.8 Å². The summed E-state index contributed by atoms with van der Waals surface area (Å²) in [6.07, 6.45) is 1.28. The van der Waals surface area contributed by atoms with Crippen LogP contribution in [0.4, 0.5) is 5.69 Å². The number of ether oxygens (including phenoxy) is 1. The lowest BCUT2D eigenvalue weighted by Crippen LogP contribution is -2.03. The molecule has 0 amide bonds. The number of anilines is 1. The molecule has 2 heterocycles. The quantitative estimate of drug-likeness (QED) is 0.436. The number of para-hydroxylation sites is 1. The summed E-state index contributed by atoms with van der Waals surface area (Å²) in [5.41, 5.74) is 9.95. The molecule has 5 rings (SSSR count). The van der Waals surface area contributed by atoms with Crippen LogP contribution in [0.2, 0.25) is 5.02 Å². The second-order valence-corrected chi connectivity index (χ2v) is 8.34. The van der Waals surface area contributed by atoms with Crippen molar-refractivity contribution in [1.29, 1.82) is 0 Å². The molecular weight excluding hydrogens is 370 g/mol. The zero-order valence-electron chi connectivity index (χ0n) is 16.4. The number of benzene rings is 2. The minimum absolute atomic E-state index is 0.518. The fraction of sp³-hybridized carbons (Fsp3) is 0.348. The number of nitrogen functional groups attached to an aromatic ring is 1. The molecule has 1 aliphatic carbocycles. The molecule has 2 atom stereocenters. The highest BCUT2D eigenvalue weighted by molar-refractivity contribution is 6.41. The van der Waals surface area contributed by atoms with Crippen molar-refractivity contribution in [1.82, 2.24) is 9.55 Å². The minimum atomic E-state index is 0.518. The van der Waals surface area contributed by atoms with Crippen LogP contribution < -0.4 is 10.5 Å². The van der Waals surface area contributed by atoms with Gasteiger partial charge in [-0.2, -0.15) is 0 Å². The maximum Gasteiger partial charge on any atom is 0.161 e. The molecule has 2 aromatic carbocycles. The Morgan fingerprint density at radius 3 is 2.71 bits per heavy atom. The largest absolute Gasteiger partial charge is 0.490 e. The van der Waals surface area contributed by atoms with Crippen LogP contribution in [0.25, 0.3) is 32.7 Å². The molecule has 0 radical (unpaired) electrons. The molecule has 1 aliphatic rings. The van der Waals surface area contributed by atoms with Gasteiger partial charge in [0.05, 0.1) is 22.8 Å². The zero-order chi connectivity index (χ0) is 19.6. The monoisotopic (exact) mass is 393 g/mol. The topological polar surface area (TPSA) is 53.1 Å². The number of hydrogen-bond donors (Lipinski definition) is 1. The lowest BCUT2D eigenvalue weighted by atomic mass is 10.0. The van der Waals surface area contributed by atoms with Crippen LogP contribution in [0.15, 0.2) is 30.3 Å². The van der Waals surface area contributed by atoms with Gasteiger partial charge in [-0.05, 0) is 44.2 Å². The van der Waals surface area contributed by atoms with Crippen LogP contribution in [-0.4, -0.2) is 16.2 Å². The summed E-state index contributed by atoms with van der Waals surface area (Å²) in [7, 11) is 0. The number of halogens is 1. The van der Waals surface area contributed by atoms with E-state index in [-0.39, 0.29) is 0 Å². The summed E-state index contributed by atoms with van der Waals surface area (Å²) in [5.74, 6) is 2.07. The SMILES string of the molecule is CCOc1c(N)cc2c(C)nc3c(c4ccccc4n3CC3CC3C)c2c1Cl. The summed E-state index contributed by atoms with van der Waals surface area (Å²) in [4.78, 5) is 5.01. The van der Waals surface area contributed by atoms with E-state index in [1.165, 1.54) is 17.3 Å². The van der Waals surface area contributed by atoms with Gasteiger partial charge in [0.2, 0.25) is 0 Å². The van der Waals surface area contributed by atoms with E-state index in [1.807, 2.05) is 19.9 Å². The standard InChI is InChI=1S/C23H24ClN3O/c1-4-28-22-17(25)10-16-13(3)26-23-20(19(16)21(22)24)15-7-5-6-8-18(15)27(23)11-14-9-12(14)2/h5-8,10,12,14H,4,9,11,25H2,1-3H3. The van der Waals surface area contributed by atoms with Crippen LogP contribution >= 0.6 is 11.6 Å². The number of hydrogen-bond acceptors (Lipinski definition) is 3. The first kappa shape index (κ1) is 17.6. The number of aryl methyl sites for hydroxylation is 1. The van der Waals surface area contributed by atoms with Crippen LogP contribution in [-0.2, 0) is 6.54 Å². The Morgan fingerprint density at radius 2 is 2.00 bits per heavy atom. The Hall–Kier alpha value is -2.46. The second-order valence-electron chi connectivity index (χ2n) is 7.96. The first-order chi connectivity index (χ1) is 13.5. The van der Waals surface area contributed by atoms with E-state index in [4.69, 9.17) is 27.1 Å². The fourth-order valence-corrected chi connectivity index (χ4v) is 4.78. The predicted octanol–water partition coefficient (Wildman–Crippen LogP) is 5.94. The Bertz CT molecular complexity index is 1240. The number of nitrogens with two attached hydrogens (primary N) is 1. The Labute approximate surface area is 169 Å². The van der Waals surface area contributed by atoms with Gasteiger partial charge >= 0.3 is 0 Å². The lowest BCUT2D eigenvalue weighted by molar-refractivity contribution is 0.343. The predicted molar refractivity (Wildman–Crippen MR) is 117 cm³/mol. The van der Waals surface area contributed by atoms with Crippen molar-refractivity contribution in [2.24, 2.45) is 11.8 Å². The Morgan fingerprint density at radius 1 is 1.25 bits per heavy atom. The maximum atomic E-state index is 6.89. The lowest BCUT2D eigenvalue weighted by Gasteiger charge is -2.14. The molecule has 2 aromatic heterocycles. The Balaban J connectivity index is 1.94. The number of pyridine rings is 1. The van der Waals surface area contributed by atoms with Crippen LogP contribution in [0.1, 0.15) is 26.0 Å². The molecular formula is C23H24ClN3O. The van der Waals surface area contributed by atoms with Gasteiger partial charge in [-0.1, -0.05) is 36.7 Å². The van der Waals surface area contributed by atoms with Crippen molar-refractivity contribution < 1.29 is 4.74 Å². The second kappa shape index (κ2) is 6.28. The number of fused-ring (bicyclic) bond motifs is 5. The average molecular weight is 394 g/mol. The third-order valence-electron chi connectivity index (χ3n) is 6.09. The van der Waals surface area contributed by atoms with Gasteiger partial charge in [0.1, 0.15) is 5.65 Å². The summed E-state index contributed by atoms with van der Waals surface area (Å²) in [6.45, 7) is 7.80. The summed E-state index contributed by atoms with van der Waals surface area (Å²) in [5, 5.41) is 4.82. The van der Waals surface area contributed by atoms with Crippen molar-refractivity contribution in [2.45, 2.75) is 33.7 Å². The van der Waals surface area contributed by atoms with Crippen molar-refractivity contribution in [3.8, 4) is 5.75 Å². The molecule has 0 bridgehead atoms. The minimum Gasteiger partial charge on any atom is -0.490 e. The average Bonchev–Trinajstić information content (AvgIpc) is 3.29. The molecule has 1 fully saturated rings. The molecule has 0 aliphatic heterocycles. The molecule has 2 N–H and O–H groups in total. The normalized spacial score (nSPS) is 19.0. The molecule has 2 unspecified atom stereocenters. The summed E-state index contributed by atoms with van der Waals surface area (Å²) in [6, 6.07) is 10.5. The molecule has 5 heteroatoms.